The van der Waals surface area contributed by atoms with E-state index in [0.717, 1.165) is 0 Å². The summed E-state index contributed by atoms with van der Waals surface area (Å²) in [7, 11) is 0. The van der Waals surface area contributed by atoms with Crippen molar-refractivity contribution in [2.75, 3.05) is 5.75 Å². The minimum Gasteiger partial charge on any atom is -0.298 e. The summed E-state index contributed by atoms with van der Waals surface area (Å²) < 4.78 is 0.963. The molecule has 0 saturated carbocycles. The predicted molar refractivity (Wildman–Crippen MR) is 76.0 cm³/mol. The lowest BCUT2D eigenvalue weighted by molar-refractivity contribution is -0.123. The summed E-state index contributed by atoms with van der Waals surface area (Å²) in [5.41, 5.74) is -1.16. The zero-order valence-electron chi connectivity index (χ0n) is 10.7. The van der Waals surface area contributed by atoms with Gasteiger partial charge in [0.15, 0.2) is 9.99 Å². The molecular weight excluding hydrogens is 286 g/mol. The van der Waals surface area contributed by atoms with Crippen LogP contribution >= 0.6 is 23.1 Å². The number of H-pyrrole nitrogens is 2. The second-order valence-corrected chi connectivity index (χ2v) is 7.25. The third-order valence-corrected chi connectivity index (χ3v) is 4.63. The summed E-state index contributed by atoms with van der Waals surface area (Å²) in [6, 6.07) is 0. The zero-order valence-corrected chi connectivity index (χ0v) is 12.3. The number of fused-ring (bicyclic) bond motifs is 1. The Bertz CT molecular complexity index is 736. The minimum atomic E-state index is -0.579. The van der Waals surface area contributed by atoms with E-state index in [1.807, 2.05) is 20.8 Å². The summed E-state index contributed by atoms with van der Waals surface area (Å²) in [4.78, 5) is 43.2. The highest BCUT2D eigenvalue weighted by Gasteiger charge is 2.21. The third kappa shape index (κ3) is 3.13. The highest BCUT2D eigenvalue weighted by molar-refractivity contribution is 8.01. The van der Waals surface area contributed by atoms with Crippen LogP contribution in [0.15, 0.2) is 13.9 Å². The number of ketones is 1. The Balaban J connectivity index is 2.24. The van der Waals surface area contributed by atoms with Crippen LogP contribution in [0, 0.1) is 5.41 Å². The summed E-state index contributed by atoms with van der Waals surface area (Å²) >= 11 is 2.45. The van der Waals surface area contributed by atoms with Crippen molar-refractivity contribution in [3.8, 4) is 0 Å². The molecule has 8 heteroatoms. The number of aromatic nitrogens is 3. The molecule has 19 heavy (non-hydrogen) atoms. The SMILES string of the molecule is CC(C)(C)C(=O)CSc1nc2[nH]c(=O)[nH]c(=O)c2s1. The van der Waals surface area contributed by atoms with Crippen LogP contribution in [-0.2, 0) is 4.79 Å². The van der Waals surface area contributed by atoms with Crippen molar-refractivity contribution >= 4 is 39.2 Å². The first-order valence-electron chi connectivity index (χ1n) is 5.56. The molecule has 0 spiro atoms. The Morgan fingerprint density at radius 2 is 2.00 bits per heavy atom. The van der Waals surface area contributed by atoms with Crippen molar-refractivity contribution in [2.45, 2.75) is 25.1 Å². The summed E-state index contributed by atoms with van der Waals surface area (Å²) in [6.07, 6.45) is 0. The quantitative estimate of drug-likeness (QED) is 0.835. The zero-order chi connectivity index (χ0) is 14.2. The number of carbonyl (C=O) groups is 1. The van der Waals surface area contributed by atoms with Gasteiger partial charge in [-0.3, -0.25) is 19.6 Å². The van der Waals surface area contributed by atoms with Crippen molar-refractivity contribution < 1.29 is 4.79 Å². The van der Waals surface area contributed by atoms with Crippen LogP contribution in [0.5, 0.6) is 0 Å². The lowest BCUT2D eigenvalue weighted by atomic mass is 9.92. The maximum atomic E-state index is 11.8. The highest BCUT2D eigenvalue weighted by Crippen LogP contribution is 2.28. The molecular formula is C11H13N3O3S2. The number of nitrogens with one attached hydrogen (secondary N) is 2. The van der Waals surface area contributed by atoms with Gasteiger partial charge in [-0.2, -0.15) is 0 Å². The first kappa shape index (κ1) is 14.0. The first-order chi connectivity index (χ1) is 8.77. The second-order valence-electron chi connectivity index (χ2n) is 5.03. The minimum absolute atomic E-state index is 0.110. The molecule has 0 unspecified atom stereocenters. The van der Waals surface area contributed by atoms with E-state index >= 15 is 0 Å². The van der Waals surface area contributed by atoms with Crippen molar-refractivity contribution in [2.24, 2.45) is 5.41 Å². The summed E-state index contributed by atoms with van der Waals surface area (Å²) in [6.45, 7) is 5.57. The van der Waals surface area contributed by atoms with Crippen LogP contribution in [-0.4, -0.2) is 26.5 Å². The number of carbonyl (C=O) groups excluding carboxylic acids is 1. The predicted octanol–water partition coefficient (Wildman–Crippen LogP) is 1.38. The van der Waals surface area contributed by atoms with Gasteiger partial charge in [0.25, 0.3) is 5.56 Å². The molecule has 2 rings (SSSR count). The van der Waals surface area contributed by atoms with Gasteiger partial charge < -0.3 is 0 Å². The Morgan fingerprint density at radius 3 is 2.63 bits per heavy atom. The van der Waals surface area contributed by atoms with E-state index in [4.69, 9.17) is 0 Å². The molecule has 2 aromatic rings. The average molecular weight is 299 g/mol. The monoisotopic (exact) mass is 299 g/mol. The van der Waals surface area contributed by atoms with Gasteiger partial charge in [-0.05, 0) is 0 Å². The van der Waals surface area contributed by atoms with E-state index in [9.17, 15) is 14.4 Å². The highest BCUT2D eigenvalue weighted by atomic mass is 32.2. The van der Waals surface area contributed by atoms with Crippen LogP contribution in [0.1, 0.15) is 20.8 Å². The van der Waals surface area contributed by atoms with E-state index in [2.05, 4.69) is 15.0 Å². The van der Waals surface area contributed by atoms with Gasteiger partial charge in [0, 0.05) is 5.41 Å². The molecule has 0 bridgehead atoms. The van der Waals surface area contributed by atoms with E-state index in [1.54, 1.807) is 0 Å². The number of thiazole rings is 1. The van der Waals surface area contributed by atoms with Crippen molar-refractivity contribution in [1.29, 1.82) is 0 Å². The number of Topliss-reactive ketones (excluding diaryl/α,β-unsaturated/α-hetero) is 1. The maximum Gasteiger partial charge on any atom is 0.327 e. The van der Waals surface area contributed by atoms with Gasteiger partial charge in [0.2, 0.25) is 0 Å². The second kappa shape index (κ2) is 4.93. The molecule has 0 fully saturated rings. The smallest absolute Gasteiger partial charge is 0.298 e. The molecule has 0 aromatic carbocycles. The molecule has 0 radical (unpaired) electrons. The van der Waals surface area contributed by atoms with Gasteiger partial charge in [-0.15, -0.1) is 11.3 Å². The molecule has 0 aliphatic rings. The lowest BCUT2D eigenvalue weighted by Crippen LogP contribution is -2.21. The van der Waals surface area contributed by atoms with Crippen LogP contribution in [0.3, 0.4) is 0 Å². The van der Waals surface area contributed by atoms with Crippen LogP contribution in [0.2, 0.25) is 0 Å². The molecule has 2 N–H and O–H groups in total. The van der Waals surface area contributed by atoms with Gasteiger partial charge >= 0.3 is 5.69 Å². The largest absolute Gasteiger partial charge is 0.327 e. The fourth-order valence-electron chi connectivity index (χ4n) is 1.24. The molecule has 102 valence electrons. The number of aromatic amines is 2. The molecule has 0 atom stereocenters. The van der Waals surface area contributed by atoms with Crippen LogP contribution < -0.4 is 11.2 Å². The topological polar surface area (TPSA) is 95.7 Å². The van der Waals surface area contributed by atoms with E-state index in [1.165, 1.54) is 23.1 Å². The molecule has 2 aromatic heterocycles. The fraction of sp³-hybridized carbons (Fsp3) is 0.455. The molecule has 0 aliphatic carbocycles. The van der Waals surface area contributed by atoms with E-state index in [-0.39, 0.29) is 11.4 Å². The average Bonchev–Trinajstić information content (AvgIpc) is 2.67. The Morgan fingerprint density at radius 1 is 1.32 bits per heavy atom. The summed E-state index contributed by atoms with van der Waals surface area (Å²) in [5.74, 6) is 0.407. The molecule has 0 amide bonds. The Hall–Kier alpha value is -1.41. The molecule has 2 heterocycles. The lowest BCUT2D eigenvalue weighted by Gasteiger charge is -2.15. The standard InChI is InChI=1S/C11H13N3O3S2/c1-11(2,3)5(15)4-18-10-13-7-6(19-10)8(16)14-9(17)12-7/h4H2,1-3H3,(H2,12,14,16,17). The molecule has 0 aliphatic heterocycles. The molecule has 6 nitrogen and oxygen atoms in total. The fourth-order valence-corrected chi connectivity index (χ4v) is 3.40. The van der Waals surface area contributed by atoms with Crippen molar-refractivity contribution in [3.05, 3.63) is 20.8 Å². The Kier molecular flexibility index (Phi) is 3.64. The normalized spacial score (nSPS) is 11.9. The van der Waals surface area contributed by atoms with Crippen LogP contribution in [0.25, 0.3) is 10.3 Å². The number of thioether (sulfide) groups is 1. The van der Waals surface area contributed by atoms with Crippen LogP contribution in [0.4, 0.5) is 0 Å². The van der Waals surface area contributed by atoms with E-state index < -0.39 is 16.7 Å². The maximum absolute atomic E-state index is 11.8. The van der Waals surface area contributed by atoms with Crippen molar-refractivity contribution in [1.82, 2.24) is 15.0 Å². The van der Waals surface area contributed by atoms with Gasteiger partial charge in [-0.1, -0.05) is 32.5 Å². The molecule has 0 saturated heterocycles. The number of rotatable bonds is 3. The Labute approximate surface area is 116 Å². The third-order valence-electron chi connectivity index (χ3n) is 2.44. The summed E-state index contributed by atoms with van der Waals surface area (Å²) in [5, 5.41) is 0. The number of nitrogens with zero attached hydrogens (tertiary/aromatic N) is 1. The first-order valence-corrected chi connectivity index (χ1v) is 7.37. The number of hydrogen-bond donors (Lipinski definition) is 2. The van der Waals surface area contributed by atoms with E-state index in [0.29, 0.717) is 14.8 Å². The van der Waals surface area contributed by atoms with Gasteiger partial charge in [0.1, 0.15) is 10.5 Å². The van der Waals surface area contributed by atoms with Crippen molar-refractivity contribution in [3.63, 3.8) is 0 Å². The van der Waals surface area contributed by atoms with Gasteiger partial charge in [-0.25, -0.2) is 9.78 Å². The number of hydrogen-bond acceptors (Lipinski definition) is 6. The van der Waals surface area contributed by atoms with Gasteiger partial charge in [0.05, 0.1) is 5.75 Å².